The van der Waals surface area contributed by atoms with Gasteiger partial charge in [0.15, 0.2) is 6.54 Å². The second-order valence-electron chi connectivity index (χ2n) is 0.959. The summed E-state index contributed by atoms with van der Waals surface area (Å²) >= 11 is 0. The number of hydrogen-bond acceptors (Lipinski definition) is 1. The van der Waals surface area contributed by atoms with Gasteiger partial charge in [-0.2, -0.15) is 4.36 Å². The van der Waals surface area contributed by atoms with Gasteiger partial charge in [0, 0.05) is 0 Å². The van der Waals surface area contributed by atoms with E-state index in [0.29, 0.717) is 0 Å². The Morgan fingerprint density at radius 3 is 2.43 bits per heavy atom. The molecule has 41 valence electrons. The molecule has 0 aromatic heterocycles. The van der Waals surface area contributed by atoms with Crippen LogP contribution in [0.2, 0.25) is 0 Å². The Kier molecular flexibility index (Phi) is 2.14. The first kappa shape index (κ1) is 6.81. The van der Waals surface area contributed by atoms with Crippen LogP contribution in [0.3, 0.4) is 0 Å². The summed E-state index contributed by atoms with van der Waals surface area (Å²) in [6.07, 6.45) is 0. The third kappa shape index (κ3) is 5.81. The van der Waals surface area contributed by atoms with Crippen LogP contribution in [0.15, 0.2) is 4.36 Å². The van der Waals surface area contributed by atoms with Gasteiger partial charge in [0.2, 0.25) is 0 Å². The van der Waals surface area contributed by atoms with Crippen molar-refractivity contribution in [3.8, 4) is 0 Å². The second kappa shape index (κ2) is 2.20. The Bertz CT molecular complexity index is 137. The highest BCUT2D eigenvalue weighted by atomic mass is 32.2. The van der Waals surface area contributed by atoms with Gasteiger partial charge < -0.3 is 4.55 Å². The minimum absolute atomic E-state index is 0.0961. The summed E-state index contributed by atoms with van der Waals surface area (Å²) < 4.78 is 21.4. The largest absolute Gasteiger partial charge is 0.307 e. The summed E-state index contributed by atoms with van der Waals surface area (Å²) in [4.78, 5) is 0. The van der Waals surface area contributed by atoms with Crippen LogP contribution < -0.4 is 0 Å². The maximum atomic E-state index is 10.0. The fraction of sp³-hybridized carbons (Fsp3) is 0.333. The van der Waals surface area contributed by atoms with Crippen LogP contribution in [0.5, 0.6) is 0 Å². The molecule has 0 aliphatic carbocycles. The fourth-order valence-electron chi connectivity index (χ4n) is 0.143. The molecule has 0 aromatic rings. The molecule has 0 aromatic carbocycles. The van der Waals surface area contributed by atoms with E-state index >= 15 is 0 Å². The molecule has 0 bridgehead atoms. The van der Waals surface area contributed by atoms with Crippen LogP contribution in [0.1, 0.15) is 0 Å². The lowest BCUT2D eigenvalue weighted by Crippen LogP contribution is -1.90. The molecule has 1 radical (unpaired) electrons. The van der Waals surface area contributed by atoms with Crippen LogP contribution in [0, 0.1) is 6.92 Å². The minimum Gasteiger partial charge on any atom is -0.307 e. The van der Waals surface area contributed by atoms with Crippen molar-refractivity contribution in [1.82, 2.24) is 0 Å². The van der Waals surface area contributed by atoms with Gasteiger partial charge in [0.05, 0.1) is 6.92 Å². The van der Waals surface area contributed by atoms with Crippen molar-refractivity contribution in [1.29, 1.82) is 0 Å². The highest BCUT2D eigenvalue weighted by molar-refractivity contribution is 7.91. The van der Waals surface area contributed by atoms with Crippen molar-refractivity contribution in [2.24, 2.45) is 4.36 Å². The first-order valence-electron chi connectivity index (χ1n) is 1.64. The third-order valence-corrected chi connectivity index (χ3v) is 0.879. The highest BCUT2D eigenvalue weighted by Gasteiger charge is 1.84. The number of hydrogen-bond donors (Lipinski definition) is 1. The Morgan fingerprint density at radius 2 is 2.43 bits per heavy atom. The van der Waals surface area contributed by atoms with E-state index in [-0.39, 0.29) is 6.54 Å². The van der Waals surface area contributed by atoms with Crippen molar-refractivity contribution in [2.45, 2.75) is 0 Å². The lowest BCUT2D eigenvalue weighted by molar-refractivity contribution is 0.433. The van der Waals surface area contributed by atoms with Gasteiger partial charge in [0.25, 0.3) is 0 Å². The minimum atomic E-state index is -3.11. The van der Waals surface area contributed by atoms with E-state index in [1.165, 1.54) is 0 Å². The second-order valence-corrected chi connectivity index (χ2v) is 2.43. The van der Waals surface area contributed by atoms with Gasteiger partial charge in [-0.3, -0.25) is 0 Å². The molecule has 0 fully saturated rings. The van der Waals surface area contributed by atoms with Crippen molar-refractivity contribution in [3.63, 3.8) is 0 Å². The van der Waals surface area contributed by atoms with Crippen LogP contribution in [-0.4, -0.2) is 17.0 Å². The van der Waals surface area contributed by atoms with Crippen LogP contribution in [0.25, 0.3) is 0 Å². The predicted octanol–water partition coefficient (Wildman–Crippen LogP) is 0.409. The Labute approximate surface area is 43.7 Å². The van der Waals surface area contributed by atoms with Gasteiger partial charge in [0.1, 0.15) is 9.98 Å². The Hall–Kier alpha value is -0.190. The molecule has 4 heteroatoms. The Balaban J connectivity index is 4.02. The third-order valence-electron chi connectivity index (χ3n) is 0.293. The van der Waals surface area contributed by atoms with Crippen molar-refractivity contribution < 1.29 is 9.11 Å². The number of nitrogens with zero attached hydrogens (tertiary/aromatic N) is 1. The molecule has 0 saturated carbocycles. The van der Waals surface area contributed by atoms with Gasteiger partial charge in [-0.15, -0.1) is 4.55 Å². The Morgan fingerprint density at radius 1 is 2.00 bits per heavy atom. The smallest absolute Gasteiger partial charge is 0.185 e. The zero-order valence-electron chi connectivity index (χ0n) is 3.83. The molecular formula is C3H7NO2S+. The SMILES string of the molecule is C=S([O])(O)=NC[CH2+]. The predicted molar refractivity (Wildman–Crippen MR) is 30.5 cm³/mol. The maximum Gasteiger partial charge on any atom is 0.185 e. The van der Waals surface area contributed by atoms with Gasteiger partial charge >= 0.3 is 0 Å². The molecule has 0 rings (SSSR count). The molecule has 1 atom stereocenters. The molecule has 1 unspecified atom stereocenters. The molecule has 0 aliphatic heterocycles. The average Bonchev–Trinajstić information content (AvgIpc) is 1.30. The van der Waals surface area contributed by atoms with E-state index in [9.17, 15) is 4.55 Å². The van der Waals surface area contributed by atoms with Gasteiger partial charge in [-0.25, -0.2) is 0 Å². The van der Waals surface area contributed by atoms with E-state index < -0.39 is 9.98 Å². The van der Waals surface area contributed by atoms with E-state index in [0.717, 1.165) is 0 Å². The first-order chi connectivity index (χ1) is 3.06. The fourth-order valence-corrected chi connectivity index (χ4v) is 0.428. The summed E-state index contributed by atoms with van der Waals surface area (Å²) in [7, 11) is -3.11. The quantitative estimate of drug-likeness (QED) is 0.396. The topological polar surface area (TPSA) is 52.5 Å². The normalized spacial score (nSPS) is 11.1. The molecule has 1 N–H and O–H groups in total. The zero-order valence-corrected chi connectivity index (χ0v) is 4.65. The standard InChI is InChI=1S/C3H7NO2S/c1-3-4-7(2,5)6/h1-3H2,(H,4,5)/q+1. The average molecular weight is 121 g/mol. The monoisotopic (exact) mass is 121 g/mol. The summed E-state index contributed by atoms with van der Waals surface area (Å²) in [6.45, 7) is 3.32. The van der Waals surface area contributed by atoms with E-state index in [4.69, 9.17) is 4.55 Å². The summed E-state index contributed by atoms with van der Waals surface area (Å²) in [5.41, 5.74) is 0. The molecule has 0 spiro atoms. The molecule has 0 saturated heterocycles. The lowest BCUT2D eigenvalue weighted by Gasteiger charge is -1.86. The molecule has 0 aliphatic rings. The van der Waals surface area contributed by atoms with E-state index in [1.807, 2.05) is 0 Å². The maximum absolute atomic E-state index is 10.0. The molecule has 0 amide bonds. The van der Waals surface area contributed by atoms with E-state index in [1.54, 1.807) is 0 Å². The van der Waals surface area contributed by atoms with Crippen molar-refractivity contribution >= 4 is 15.8 Å². The molecular weight excluding hydrogens is 114 g/mol. The highest BCUT2D eigenvalue weighted by Crippen LogP contribution is 1.80. The number of rotatable bonds is 1. The molecule has 3 nitrogen and oxygen atoms in total. The first-order valence-corrected chi connectivity index (χ1v) is 3.28. The van der Waals surface area contributed by atoms with Crippen LogP contribution >= 0.6 is 0 Å². The molecule has 7 heavy (non-hydrogen) atoms. The van der Waals surface area contributed by atoms with Gasteiger partial charge in [-0.1, -0.05) is 0 Å². The molecule has 0 heterocycles. The zero-order chi connectivity index (χ0) is 5.91. The van der Waals surface area contributed by atoms with Crippen LogP contribution in [0.4, 0.5) is 0 Å². The summed E-state index contributed by atoms with van der Waals surface area (Å²) in [5, 5.41) is 0. The van der Waals surface area contributed by atoms with Gasteiger partial charge in [-0.05, 0) is 5.87 Å². The summed E-state index contributed by atoms with van der Waals surface area (Å²) in [6, 6.07) is 0. The van der Waals surface area contributed by atoms with Crippen molar-refractivity contribution in [2.75, 3.05) is 6.54 Å². The lowest BCUT2D eigenvalue weighted by atomic mass is 10.8. The van der Waals surface area contributed by atoms with Crippen molar-refractivity contribution in [3.05, 3.63) is 6.92 Å². The summed E-state index contributed by atoms with van der Waals surface area (Å²) in [5.74, 6) is 2.84. The van der Waals surface area contributed by atoms with Crippen LogP contribution in [-0.2, 0) is 14.5 Å². The van der Waals surface area contributed by atoms with E-state index in [2.05, 4.69) is 17.2 Å².